The van der Waals surface area contributed by atoms with Gasteiger partial charge in [0.15, 0.2) is 0 Å². The maximum atomic E-state index is 12.3. The molecule has 0 aromatic carbocycles. The van der Waals surface area contributed by atoms with Crippen molar-refractivity contribution in [1.29, 1.82) is 0 Å². The molecule has 1 aromatic rings. The molecule has 0 aliphatic carbocycles. The molecule has 0 amide bonds. The smallest absolute Gasteiger partial charge is 0.391 e. The van der Waals surface area contributed by atoms with E-state index >= 15 is 0 Å². The summed E-state index contributed by atoms with van der Waals surface area (Å²) in [5, 5.41) is 2.69. The van der Waals surface area contributed by atoms with Crippen LogP contribution in [0.5, 0.6) is 5.88 Å². The van der Waals surface area contributed by atoms with E-state index in [1.807, 2.05) is 13.8 Å². The Hall–Kier alpha value is -1.66. The molecule has 1 rings (SSSR count). The summed E-state index contributed by atoms with van der Waals surface area (Å²) in [4.78, 5) is 4.09. The van der Waals surface area contributed by atoms with Gasteiger partial charge in [-0.2, -0.15) is 18.2 Å². The number of rotatable bonds is 6. The number of nitrogens with one attached hydrogen (secondary N) is 1. The van der Waals surface area contributed by atoms with Crippen molar-refractivity contribution in [2.45, 2.75) is 39.4 Å². The number of alkyl halides is 3. The summed E-state index contributed by atoms with van der Waals surface area (Å²) in [5.74, 6) is 0.856. The van der Waals surface area contributed by atoms with Crippen LogP contribution in [0.2, 0.25) is 0 Å². The lowest BCUT2D eigenvalue weighted by Crippen LogP contribution is -2.24. The normalized spacial score (nSPS) is 13.3. The van der Waals surface area contributed by atoms with Crippen LogP contribution in [-0.4, -0.2) is 23.8 Å². The highest BCUT2D eigenvalue weighted by Gasteiger charge is 2.30. The third-order valence-corrected chi connectivity index (χ3v) is 2.38. The van der Waals surface area contributed by atoms with Crippen LogP contribution in [0.4, 0.5) is 24.7 Å². The molecule has 1 unspecified atom stereocenters. The van der Waals surface area contributed by atoms with E-state index in [9.17, 15) is 13.2 Å². The van der Waals surface area contributed by atoms with Crippen LogP contribution in [0.25, 0.3) is 0 Å². The zero-order valence-electron chi connectivity index (χ0n) is 11.8. The molecular formula is C13H20F3N3O. The Balaban J connectivity index is 2.69. The van der Waals surface area contributed by atoms with Gasteiger partial charge < -0.3 is 15.8 Å². The van der Waals surface area contributed by atoms with E-state index < -0.39 is 18.6 Å². The van der Waals surface area contributed by atoms with E-state index in [0.717, 1.165) is 0 Å². The lowest BCUT2D eigenvalue weighted by molar-refractivity contribution is -0.136. The average molecular weight is 291 g/mol. The number of nitrogens with two attached hydrogens (primary N) is 1. The highest BCUT2D eigenvalue weighted by molar-refractivity contribution is 5.53. The van der Waals surface area contributed by atoms with E-state index in [4.69, 9.17) is 10.5 Å². The maximum absolute atomic E-state index is 12.3. The largest absolute Gasteiger partial charge is 0.476 e. The monoisotopic (exact) mass is 291 g/mol. The van der Waals surface area contributed by atoms with Crippen molar-refractivity contribution in [2.24, 2.45) is 5.92 Å². The van der Waals surface area contributed by atoms with Crippen molar-refractivity contribution in [3.05, 3.63) is 12.1 Å². The summed E-state index contributed by atoms with van der Waals surface area (Å²) in [5.41, 5.74) is 6.07. The molecule has 1 aromatic heterocycles. The van der Waals surface area contributed by atoms with Crippen LogP contribution < -0.4 is 15.8 Å². The average Bonchev–Trinajstić information content (AvgIpc) is 2.27. The van der Waals surface area contributed by atoms with Gasteiger partial charge in [-0.1, -0.05) is 13.8 Å². The fraction of sp³-hybridized carbons (Fsp3) is 0.615. The van der Waals surface area contributed by atoms with Crippen LogP contribution in [0.1, 0.15) is 27.2 Å². The van der Waals surface area contributed by atoms with Crippen molar-refractivity contribution >= 4 is 11.5 Å². The Morgan fingerprint density at radius 1 is 1.30 bits per heavy atom. The molecule has 0 aliphatic rings. The molecule has 7 heteroatoms. The second-order valence-corrected chi connectivity index (χ2v) is 5.16. The quantitative estimate of drug-likeness (QED) is 0.842. The van der Waals surface area contributed by atoms with Gasteiger partial charge in [0.2, 0.25) is 5.88 Å². The predicted molar refractivity (Wildman–Crippen MR) is 72.7 cm³/mol. The van der Waals surface area contributed by atoms with Gasteiger partial charge in [-0.15, -0.1) is 0 Å². The van der Waals surface area contributed by atoms with Crippen LogP contribution in [-0.2, 0) is 0 Å². The first-order valence-electron chi connectivity index (χ1n) is 6.40. The van der Waals surface area contributed by atoms with Gasteiger partial charge in [0.05, 0.1) is 18.7 Å². The van der Waals surface area contributed by atoms with Crippen molar-refractivity contribution in [2.75, 3.05) is 17.7 Å². The van der Waals surface area contributed by atoms with Gasteiger partial charge in [0.1, 0.15) is 5.82 Å². The minimum absolute atomic E-state index is 0.239. The molecule has 114 valence electrons. The van der Waals surface area contributed by atoms with Crippen molar-refractivity contribution in [3.8, 4) is 5.88 Å². The first-order valence-corrected chi connectivity index (χ1v) is 6.40. The number of nitrogens with zero attached hydrogens (tertiary/aromatic N) is 1. The summed E-state index contributed by atoms with van der Waals surface area (Å²) in [6, 6.07) is 2.32. The molecule has 0 radical (unpaired) electrons. The summed E-state index contributed by atoms with van der Waals surface area (Å²) in [6.07, 6.45) is -5.14. The summed E-state index contributed by atoms with van der Waals surface area (Å²) in [7, 11) is 0. The number of hydrogen-bond acceptors (Lipinski definition) is 4. The number of ether oxygens (including phenoxy) is 1. The molecule has 1 atom stereocenters. The third kappa shape index (κ3) is 5.99. The standard InChI is InChI=1S/C13H20F3N3O/c1-8(2)7-20-12-10(17)4-5-11(19-12)18-9(3)6-13(14,15)16/h4-5,8-9H,6-7,17H2,1-3H3,(H,18,19). The lowest BCUT2D eigenvalue weighted by Gasteiger charge is -2.17. The molecule has 20 heavy (non-hydrogen) atoms. The van der Waals surface area contributed by atoms with Crippen LogP contribution in [0.3, 0.4) is 0 Å². The van der Waals surface area contributed by atoms with Gasteiger partial charge in [-0.05, 0) is 25.0 Å². The van der Waals surface area contributed by atoms with E-state index in [1.165, 1.54) is 13.0 Å². The minimum Gasteiger partial charge on any atom is -0.476 e. The van der Waals surface area contributed by atoms with Gasteiger partial charge in [-0.25, -0.2) is 0 Å². The first kappa shape index (κ1) is 16.4. The summed E-state index contributed by atoms with van der Waals surface area (Å²) >= 11 is 0. The number of halogens is 3. The first-order chi connectivity index (χ1) is 9.17. The SMILES string of the molecule is CC(C)COc1nc(NC(C)CC(F)(F)F)ccc1N. The second kappa shape index (κ2) is 6.67. The van der Waals surface area contributed by atoms with Gasteiger partial charge in [0, 0.05) is 6.04 Å². The zero-order chi connectivity index (χ0) is 15.3. The lowest BCUT2D eigenvalue weighted by atomic mass is 10.2. The molecule has 0 fully saturated rings. The summed E-state index contributed by atoms with van der Waals surface area (Å²) in [6.45, 7) is 5.84. The molecular weight excluding hydrogens is 271 g/mol. The van der Waals surface area contributed by atoms with Crippen LogP contribution in [0, 0.1) is 5.92 Å². The highest BCUT2D eigenvalue weighted by atomic mass is 19.4. The third-order valence-electron chi connectivity index (χ3n) is 2.38. The predicted octanol–water partition coefficient (Wildman–Crippen LogP) is 3.45. The molecule has 0 bridgehead atoms. The fourth-order valence-electron chi connectivity index (χ4n) is 1.54. The molecule has 0 aliphatic heterocycles. The molecule has 4 nitrogen and oxygen atoms in total. The summed E-state index contributed by atoms with van der Waals surface area (Å²) < 4.78 is 42.2. The number of anilines is 2. The van der Waals surface area contributed by atoms with E-state index in [2.05, 4.69) is 10.3 Å². The van der Waals surface area contributed by atoms with Gasteiger partial charge in [0.25, 0.3) is 0 Å². The topological polar surface area (TPSA) is 60.2 Å². The zero-order valence-corrected chi connectivity index (χ0v) is 11.8. The maximum Gasteiger partial charge on any atom is 0.391 e. The van der Waals surface area contributed by atoms with Crippen molar-refractivity contribution in [1.82, 2.24) is 4.98 Å². The van der Waals surface area contributed by atoms with Gasteiger partial charge in [-0.3, -0.25) is 0 Å². The molecule has 1 heterocycles. The molecule has 0 saturated carbocycles. The highest BCUT2D eigenvalue weighted by Crippen LogP contribution is 2.25. The Morgan fingerprint density at radius 3 is 2.50 bits per heavy atom. The second-order valence-electron chi connectivity index (χ2n) is 5.16. The van der Waals surface area contributed by atoms with E-state index in [1.54, 1.807) is 6.07 Å². The van der Waals surface area contributed by atoms with E-state index in [0.29, 0.717) is 24.0 Å². The number of hydrogen-bond donors (Lipinski definition) is 2. The Bertz CT molecular complexity index is 435. The molecule has 3 N–H and O–H groups in total. The number of aromatic nitrogens is 1. The number of nitrogen functional groups attached to an aromatic ring is 1. The number of pyridine rings is 1. The Morgan fingerprint density at radius 2 is 1.95 bits per heavy atom. The van der Waals surface area contributed by atoms with Crippen LogP contribution in [0.15, 0.2) is 12.1 Å². The van der Waals surface area contributed by atoms with E-state index in [-0.39, 0.29) is 5.88 Å². The Kier molecular flexibility index (Phi) is 5.47. The molecule has 0 spiro atoms. The Labute approximate surface area is 116 Å². The van der Waals surface area contributed by atoms with Crippen molar-refractivity contribution in [3.63, 3.8) is 0 Å². The van der Waals surface area contributed by atoms with Gasteiger partial charge >= 0.3 is 6.18 Å². The van der Waals surface area contributed by atoms with Crippen molar-refractivity contribution < 1.29 is 17.9 Å². The fourth-order valence-corrected chi connectivity index (χ4v) is 1.54. The van der Waals surface area contributed by atoms with Crippen LogP contribution >= 0.6 is 0 Å². The molecule has 0 saturated heterocycles. The minimum atomic E-state index is -4.21.